The van der Waals surface area contributed by atoms with Crippen LogP contribution in [-0.2, 0) is 10.2 Å². The number of amides is 2. The van der Waals surface area contributed by atoms with E-state index in [1.54, 1.807) is 6.92 Å². The minimum atomic E-state index is -1.26. The molecule has 1 saturated carbocycles. The first kappa shape index (κ1) is 19.0. The highest BCUT2D eigenvalue weighted by molar-refractivity contribution is 5.95. The fourth-order valence-corrected chi connectivity index (χ4v) is 3.53. The maximum absolute atomic E-state index is 12.1. The number of nitrogens with zero attached hydrogens (tertiary/aromatic N) is 2. The van der Waals surface area contributed by atoms with Crippen molar-refractivity contribution < 1.29 is 24.2 Å². The van der Waals surface area contributed by atoms with Gasteiger partial charge in [-0.05, 0) is 37.8 Å². The van der Waals surface area contributed by atoms with Crippen LogP contribution in [0.4, 0.5) is 10.6 Å². The molecule has 0 saturated heterocycles. The second kappa shape index (κ2) is 7.23. The fraction of sp³-hybridized carbons (Fsp3) is 0.400. The first-order valence-corrected chi connectivity index (χ1v) is 9.49. The molecule has 0 radical (unpaired) electrons. The maximum Gasteiger partial charge on any atom is 0.405 e. The Morgan fingerprint density at radius 2 is 2.10 bits per heavy atom. The molecule has 1 aromatic carbocycles. The summed E-state index contributed by atoms with van der Waals surface area (Å²) in [5.74, 6) is 1.62. The molecular weight excluding hydrogens is 376 g/mol. The highest BCUT2D eigenvalue weighted by Gasteiger charge is 2.53. The molecule has 1 fully saturated rings. The topological polar surface area (TPSA) is 123 Å². The normalized spacial score (nSPS) is 16.5. The van der Waals surface area contributed by atoms with Crippen LogP contribution in [0, 0.1) is 6.92 Å². The number of fused-ring (bicyclic) bond motifs is 2. The number of carbonyl (C=O) groups excluding carboxylic acids is 1. The third-order valence-corrected chi connectivity index (χ3v) is 5.31. The summed E-state index contributed by atoms with van der Waals surface area (Å²) in [7, 11) is 0. The first-order chi connectivity index (χ1) is 13.9. The second-order valence-electron chi connectivity index (χ2n) is 7.40. The van der Waals surface area contributed by atoms with Crippen molar-refractivity contribution in [1.82, 2.24) is 15.3 Å². The van der Waals surface area contributed by atoms with Gasteiger partial charge >= 0.3 is 6.09 Å². The van der Waals surface area contributed by atoms with Crippen LogP contribution in [0.5, 0.6) is 17.4 Å². The van der Waals surface area contributed by atoms with Gasteiger partial charge in [-0.3, -0.25) is 4.79 Å². The second-order valence-corrected chi connectivity index (χ2v) is 7.40. The van der Waals surface area contributed by atoms with Gasteiger partial charge in [0.05, 0.1) is 19.0 Å². The van der Waals surface area contributed by atoms with Gasteiger partial charge in [0.15, 0.2) is 5.82 Å². The van der Waals surface area contributed by atoms with Crippen LogP contribution in [0.15, 0.2) is 24.5 Å². The van der Waals surface area contributed by atoms with Crippen LogP contribution in [0.25, 0.3) is 0 Å². The Bertz CT molecular complexity index is 956. The summed E-state index contributed by atoms with van der Waals surface area (Å²) in [4.78, 5) is 31.3. The molecule has 4 rings (SSSR count). The van der Waals surface area contributed by atoms with Crippen molar-refractivity contribution in [2.24, 2.45) is 0 Å². The fourth-order valence-electron chi connectivity index (χ4n) is 3.53. The van der Waals surface area contributed by atoms with Crippen molar-refractivity contribution in [2.45, 2.75) is 44.6 Å². The molecule has 29 heavy (non-hydrogen) atoms. The molecule has 2 amide bonds. The summed E-state index contributed by atoms with van der Waals surface area (Å²) >= 11 is 0. The van der Waals surface area contributed by atoms with E-state index in [1.807, 2.05) is 19.1 Å². The molecule has 2 aromatic rings. The van der Waals surface area contributed by atoms with Crippen molar-refractivity contribution in [2.75, 3.05) is 11.9 Å². The predicted octanol–water partition coefficient (Wildman–Crippen LogP) is 2.99. The Kier molecular flexibility index (Phi) is 4.73. The van der Waals surface area contributed by atoms with E-state index in [1.165, 1.54) is 12.4 Å². The molecular formula is C20H22N4O5. The average molecular weight is 398 g/mol. The van der Waals surface area contributed by atoms with Crippen molar-refractivity contribution in [1.29, 1.82) is 0 Å². The Balaban J connectivity index is 1.47. The summed E-state index contributed by atoms with van der Waals surface area (Å²) in [5, 5.41) is 13.5. The number of anilines is 1. The van der Waals surface area contributed by atoms with E-state index >= 15 is 0 Å². The summed E-state index contributed by atoms with van der Waals surface area (Å²) in [5.41, 5.74) is 2.24. The number of aromatic nitrogens is 2. The molecule has 1 aliphatic carbocycles. The van der Waals surface area contributed by atoms with Gasteiger partial charge < -0.3 is 25.2 Å². The van der Waals surface area contributed by atoms with E-state index in [0.717, 1.165) is 29.7 Å². The van der Waals surface area contributed by atoms with Crippen LogP contribution < -0.4 is 20.1 Å². The van der Waals surface area contributed by atoms with E-state index in [0.29, 0.717) is 24.7 Å². The van der Waals surface area contributed by atoms with Gasteiger partial charge in [0.25, 0.3) is 0 Å². The quantitative estimate of drug-likeness (QED) is 0.683. The molecule has 0 bridgehead atoms. The van der Waals surface area contributed by atoms with Gasteiger partial charge in [0.2, 0.25) is 11.8 Å². The first-order valence-electron chi connectivity index (χ1n) is 9.49. The monoisotopic (exact) mass is 398 g/mol. The number of carboxylic acid groups (broad SMARTS) is 1. The van der Waals surface area contributed by atoms with Crippen molar-refractivity contribution in [3.05, 3.63) is 35.7 Å². The van der Waals surface area contributed by atoms with Crippen molar-refractivity contribution >= 4 is 17.8 Å². The predicted molar refractivity (Wildman–Crippen MR) is 104 cm³/mol. The van der Waals surface area contributed by atoms with Gasteiger partial charge in [0.1, 0.15) is 17.5 Å². The molecule has 1 aromatic heterocycles. The molecule has 1 atom stereocenters. The van der Waals surface area contributed by atoms with E-state index < -0.39 is 18.0 Å². The number of aryl methyl sites for hydroxylation is 1. The maximum atomic E-state index is 12.1. The van der Waals surface area contributed by atoms with E-state index in [-0.39, 0.29) is 11.2 Å². The molecule has 1 spiro atoms. The van der Waals surface area contributed by atoms with Crippen LogP contribution in [0.1, 0.15) is 37.3 Å². The zero-order chi connectivity index (χ0) is 20.6. The highest BCUT2D eigenvalue weighted by Crippen LogP contribution is 2.59. The lowest BCUT2D eigenvalue weighted by Gasteiger charge is -2.15. The molecule has 152 valence electrons. The van der Waals surface area contributed by atoms with Crippen LogP contribution >= 0.6 is 0 Å². The van der Waals surface area contributed by atoms with Gasteiger partial charge in [-0.25, -0.2) is 14.8 Å². The number of carbonyl (C=O) groups is 2. The molecule has 9 nitrogen and oxygen atoms in total. The number of rotatable bonds is 6. The third-order valence-electron chi connectivity index (χ3n) is 5.31. The minimum Gasteiger partial charge on any atom is -0.492 e. The smallest absolute Gasteiger partial charge is 0.405 e. The Morgan fingerprint density at radius 1 is 1.31 bits per heavy atom. The number of ether oxygens (including phenoxy) is 2. The molecule has 9 heteroatoms. The Labute approximate surface area is 167 Å². The van der Waals surface area contributed by atoms with Crippen LogP contribution in [0.2, 0.25) is 0 Å². The number of nitrogens with one attached hydrogen (secondary N) is 2. The molecule has 2 heterocycles. The van der Waals surface area contributed by atoms with Crippen LogP contribution in [0.3, 0.4) is 0 Å². The number of hydrogen-bond acceptors (Lipinski definition) is 6. The Hall–Kier alpha value is -3.36. The highest BCUT2D eigenvalue weighted by atomic mass is 16.5. The summed E-state index contributed by atoms with van der Waals surface area (Å²) in [6.45, 7) is 4.41. The number of benzene rings is 1. The molecule has 3 N–H and O–H groups in total. The summed E-state index contributed by atoms with van der Waals surface area (Å²) < 4.78 is 11.9. The number of hydrogen-bond donors (Lipinski definition) is 3. The lowest BCUT2D eigenvalue weighted by Crippen LogP contribution is -2.42. The largest absolute Gasteiger partial charge is 0.492 e. The zero-order valence-corrected chi connectivity index (χ0v) is 16.2. The van der Waals surface area contributed by atoms with Crippen molar-refractivity contribution in [3.8, 4) is 17.4 Å². The standard InChI is InChI=1S/C20H22N4O5/c1-3-12(23-19(26)27)18(25)24-14-8-22-15(9-21-14)29-13-5-4-11(2)17-16(13)20(6-7-20)10-28-17/h4-5,8-9,12,23H,3,6-7,10H2,1-2H3,(H,26,27)(H,21,24,25). The lowest BCUT2D eigenvalue weighted by atomic mass is 9.95. The molecule has 2 aliphatic rings. The SMILES string of the molecule is CCC(NC(=O)O)C(=O)Nc1cnc(Oc2ccc(C)c3c2C2(CC2)CO3)cn1. The van der Waals surface area contributed by atoms with Gasteiger partial charge in [-0.1, -0.05) is 13.0 Å². The van der Waals surface area contributed by atoms with E-state index in [2.05, 4.69) is 20.6 Å². The summed E-state index contributed by atoms with van der Waals surface area (Å²) in [6.07, 6.45) is 4.01. The van der Waals surface area contributed by atoms with E-state index in [4.69, 9.17) is 14.6 Å². The lowest BCUT2D eigenvalue weighted by molar-refractivity contribution is -0.118. The van der Waals surface area contributed by atoms with Gasteiger partial charge in [-0.15, -0.1) is 0 Å². The zero-order valence-electron chi connectivity index (χ0n) is 16.2. The van der Waals surface area contributed by atoms with Gasteiger partial charge in [0, 0.05) is 11.0 Å². The summed E-state index contributed by atoms with van der Waals surface area (Å²) in [6, 6.07) is 3.01. The van der Waals surface area contributed by atoms with E-state index in [9.17, 15) is 9.59 Å². The Morgan fingerprint density at radius 3 is 2.72 bits per heavy atom. The minimum absolute atomic E-state index is 0.0599. The molecule has 1 unspecified atom stereocenters. The molecule has 1 aliphatic heterocycles. The van der Waals surface area contributed by atoms with Crippen molar-refractivity contribution in [3.63, 3.8) is 0 Å². The third kappa shape index (κ3) is 3.67. The average Bonchev–Trinajstić information content (AvgIpc) is 3.37. The van der Waals surface area contributed by atoms with Gasteiger partial charge in [-0.2, -0.15) is 0 Å². The van der Waals surface area contributed by atoms with Crippen LogP contribution in [-0.4, -0.2) is 39.7 Å².